The fourth-order valence-electron chi connectivity index (χ4n) is 1.30. The first-order valence-electron chi connectivity index (χ1n) is 6.50. The first kappa shape index (κ1) is 17.4. The van der Waals surface area contributed by atoms with Gasteiger partial charge in [0.05, 0.1) is 6.07 Å². The molecule has 0 N–H and O–H groups in total. The molecular formula is C19H21N. The molecule has 0 saturated carbocycles. The van der Waals surface area contributed by atoms with Crippen LogP contribution in [-0.2, 0) is 6.42 Å². The number of allylic oxidation sites excluding steroid dienone is 1. The highest BCUT2D eigenvalue weighted by atomic mass is 14.2. The highest BCUT2D eigenvalue weighted by Gasteiger charge is 1.80. The van der Waals surface area contributed by atoms with E-state index in [2.05, 4.69) is 44.3 Å². The summed E-state index contributed by atoms with van der Waals surface area (Å²) in [5, 5.41) is 7.51. The maximum absolute atomic E-state index is 7.51. The zero-order valence-electron chi connectivity index (χ0n) is 12.0. The zero-order valence-corrected chi connectivity index (χ0v) is 12.0. The van der Waals surface area contributed by atoms with Crippen LogP contribution in [0.4, 0.5) is 0 Å². The van der Waals surface area contributed by atoms with Crippen molar-refractivity contribution in [1.82, 2.24) is 0 Å². The SMILES string of the molecule is C=CC#N.C=Cc1ccccc1.CCc1ccccc1. The normalized spacial score (nSPS) is 7.80. The quantitative estimate of drug-likeness (QED) is 0.677. The summed E-state index contributed by atoms with van der Waals surface area (Å²) in [4.78, 5) is 0. The molecule has 0 aliphatic heterocycles. The van der Waals surface area contributed by atoms with Gasteiger partial charge in [0.2, 0.25) is 0 Å². The molecule has 0 heterocycles. The second-order valence-electron chi connectivity index (χ2n) is 3.79. The lowest BCUT2D eigenvalue weighted by Crippen LogP contribution is -1.73. The molecule has 102 valence electrons. The summed E-state index contributed by atoms with van der Waals surface area (Å²) in [6.45, 7) is 8.91. The van der Waals surface area contributed by atoms with Crippen molar-refractivity contribution in [2.45, 2.75) is 13.3 Å². The van der Waals surface area contributed by atoms with E-state index in [0.717, 1.165) is 6.42 Å². The Labute approximate surface area is 122 Å². The number of rotatable bonds is 2. The zero-order chi connectivity index (χ0) is 15.1. The Morgan fingerprint density at radius 1 is 0.950 bits per heavy atom. The van der Waals surface area contributed by atoms with E-state index in [1.807, 2.05) is 42.5 Å². The maximum atomic E-state index is 7.51. The summed E-state index contributed by atoms with van der Waals surface area (Å²) in [6.07, 6.45) is 4.15. The monoisotopic (exact) mass is 263 g/mol. The molecule has 0 aromatic heterocycles. The first-order chi connectivity index (χ1) is 9.78. The van der Waals surface area contributed by atoms with E-state index in [9.17, 15) is 0 Å². The van der Waals surface area contributed by atoms with Crippen molar-refractivity contribution < 1.29 is 0 Å². The number of nitriles is 1. The van der Waals surface area contributed by atoms with E-state index in [1.165, 1.54) is 17.2 Å². The summed E-state index contributed by atoms with van der Waals surface area (Å²) in [5.74, 6) is 0. The molecule has 0 aliphatic carbocycles. The van der Waals surface area contributed by atoms with Crippen molar-refractivity contribution in [3.8, 4) is 6.07 Å². The van der Waals surface area contributed by atoms with E-state index >= 15 is 0 Å². The van der Waals surface area contributed by atoms with Crippen molar-refractivity contribution in [3.63, 3.8) is 0 Å². The Hall–Kier alpha value is -2.59. The lowest BCUT2D eigenvalue weighted by molar-refractivity contribution is 1.14. The van der Waals surface area contributed by atoms with Crippen LogP contribution in [0.25, 0.3) is 6.08 Å². The van der Waals surface area contributed by atoms with Crippen LogP contribution in [0, 0.1) is 11.3 Å². The van der Waals surface area contributed by atoms with Crippen LogP contribution in [0.5, 0.6) is 0 Å². The van der Waals surface area contributed by atoms with Crippen molar-refractivity contribution in [3.05, 3.63) is 91.0 Å². The van der Waals surface area contributed by atoms with Crippen molar-refractivity contribution >= 4 is 6.08 Å². The predicted octanol–water partition coefficient (Wildman–Crippen LogP) is 5.27. The van der Waals surface area contributed by atoms with Crippen LogP contribution in [0.15, 0.2) is 79.9 Å². The van der Waals surface area contributed by atoms with E-state index in [-0.39, 0.29) is 0 Å². The summed E-state index contributed by atoms with van der Waals surface area (Å²) < 4.78 is 0. The number of hydrogen-bond donors (Lipinski definition) is 0. The van der Waals surface area contributed by atoms with E-state index < -0.39 is 0 Å². The van der Waals surface area contributed by atoms with Gasteiger partial charge in [0.25, 0.3) is 0 Å². The average molecular weight is 263 g/mol. The third kappa shape index (κ3) is 9.44. The van der Waals surface area contributed by atoms with Gasteiger partial charge in [0.15, 0.2) is 0 Å². The van der Waals surface area contributed by atoms with E-state index in [1.54, 1.807) is 6.07 Å². The molecule has 1 nitrogen and oxygen atoms in total. The smallest absolute Gasteiger partial charge is 0.0905 e. The Bertz CT molecular complexity index is 506. The Kier molecular flexibility index (Phi) is 11.2. The van der Waals surface area contributed by atoms with Gasteiger partial charge >= 0.3 is 0 Å². The molecule has 2 aromatic carbocycles. The van der Waals surface area contributed by atoms with Gasteiger partial charge in [-0.25, -0.2) is 0 Å². The summed E-state index contributed by atoms with van der Waals surface area (Å²) in [6, 6.07) is 22.2. The molecule has 0 atom stereocenters. The number of nitrogens with zero attached hydrogens (tertiary/aromatic N) is 1. The molecule has 0 fully saturated rings. The van der Waals surface area contributed by atoms with Gasteiger partial charge < -0.3 is 0 Å². The molecule has 0 aliphatic rings. The van der Waals surface area contributed by atoms with Crippen LogP contribution >= 0.6 is 0 Å². The largest absolute Gasteiger partial charge is 0.193 e. The van der Waals surface area contributed by atoms with Gasteiger partial charge in [-0.1, -0.05) is 86.8 Å². The van der Waals surface area contributed by atoms with Gasteiger partial charge in [-0.05, 0) is 17.5 Å². The third-order valence-electron chi connectivity index (χ3n) is 2.38. The number of benzene rings is 2. The lowest BCUT2D eigenvalue weighted by Gasteiger charge is -1.89. The molecule has 0 amide bonds. The summed E-state index contributed by atoms with van der Waals surface area (Å²) in [5.41, 5.74) is 2.58. The van der Waals surface area contributed by atoms with Gasteiger partial charge in [-0.15, -0.1) is 0 Å². The van der Waals surface area contributed by atoms with E-state index in [0.29, 0.717) is 0 Å². The predicted molar refractivity (Wildman–Crippen MR) is 88.2 cm³/mol. The van der Waals surface area contributed by atoms with Gasteiger partial charge in [-0.2, -0.15) is 5.26 Å². The molecule has 0 saturated heterocycles. The van der Waals surface area contributed by atoms with Crippen LogP contribution in [0.1, 0.15) is 18.1 Å². The second-order valence-corrected chi connectivity index (χ2v) is 3.79. The highest BCUT2D eigenvalue weighted by Crippen LogP contribution is 1.97. The molecule has 2 aromatic rings. The molecule has 0 unspecified atom stereocenters. The number of aryl methyl sites for hydroxylation is 1. The van der Waals surface area contributed by atoms with Crippen molar-refractivity contribution in [2.75, 3.05) is 0 Å². The molecule has 0 spiro atoms. The van der Waals surface area contributed by atoms with Crippen molar-refractivity contribution in [2.24, 2.45) is 0 Å². The minimum Gasteiger partial charge on any atom is -0.193 e. The average Bonchev–Trinajstić information content (AvgIpc) is 2.57. The molecule has 0 bridgehead atoms. The van der Waals surface area contributed by atoms with Crippen molar-refractivity contribution in [1.29, 1.82) is 5.26 Å². The Morgan fingerprint density at radius 2 is 1.40 bits per heavy atom. The fourth-order valence-corrected chi connectivity index (χ4v) is 1.30. The molecule has 1 heteroatoms. The van der Waals surface area contributed by atoms with Gasteiger partial charge in [0, 0.05) is 6.08 Å². The Morgan fingerprint density at radius 3 is 1.65 bits per heavy atom. The summed E-state index contributed by atoms with van der Waals surface area (Å²) >= 11 is 0. The lowest BCUT2D eigenvalue weighted by atomic mass is 10.2. The van der Waals surface area contributed by atoms with Gasteiger partial charge in [0.1, 0.15) is 0 Å². The van der Waals surface area contributed by atoms with Gasteiger partial charge in [-0.3, -0.25) is 0 Å². The van der Waals surface area contributed by atoms with E-state index in [4.69, 9.17) is 5.26 Å². The second kappa shape index (κ2) is 12.9. The highest BCUT2D eigenvalue weighted by molar-refractivity contribution is 5.45. The maximum Gasteiger partial charge on any atom is 0.0905 e. The molecular weight excluding hydrogens is 242 g/mol. The number of hydrogen-bond acceptors (Lipinski definition) is 1. The minimum absolute atomic E-state index is 1.14. The minimum atomic E-state index is 1.14. The molecule has 2 rings (SSSR count). The van der Waals surface area contributed by atoms with Crippen LogP contribution in [0.2, 0.25) is 0 Å². The topological polar surface area (TPSA) is 23.8 Å². The standard InChI is InChI=1S/C8H10.C8H8.C3H3N/c2*1-2-8-6-4-3-5-7-8;1-2-3-4/h3-7H,2H2,1H3;2-7H,1H2;2H,1H2. The fraction of sp³-hybridized carbons (Fsp3) is 0.105. The third-order valence-corrected chi connectivity index (χ3v) is 2.38. The molecule has 20 heavy (non-hydrogen) atoms. The van der Waals surface area contributed by atoms with Crippen LogP contribution < -0.4 is 0 Å². The van der Waals surface area contributed by atoms with Crippen LogP contribution in [-0.4, -0.2) is 0 Å². The van der Waals surface area contributed by atoms with Crippen LogP contribution in [0.3, 0.4) is 0 Å². The summed E-state index contributed by atoms with van der Waals surface area (Å²) in [7, 11) is 0. The first-order valence-corrected chi connectivity index (χ1v) is 6.50. The molecule has 0 radical (unpaired) electrons. The Balaban J connectivity index is 0.000000289.